The molecule has 2 fully saturated rings. The fraction of sp³-hybridized carbons (Fsp3) is 0.833. The Morgan fingerprint density at radius 2 is 2.25 bits per heavy atom. The van der Waals surface area contributed by atoms with E-state index in [4.69, 9.17) is 0 Å². The molecule has 4 heteroatoms. The summed E-state index contributed by atoms with van der Waals surface area (Å²) in [5.41, 5.74) is -0.898. The quantitative estimate of drug-likeness (QED) is 0.777. The number of carbonyl (C=O) groups is 2. The first kappa shape index (κ1) is 11.4. The normalized spacial score (nSPS) is 35.4. The molecule has 0 radical (unpaired) electrons. The van der Waals surface area contributed by atoms with Crippen LogP contribution >= 0.6 is 0 Å². The van der Waals surface area contributed by atoms with E-state index in [0.717, 1.165) is 19.3 Å². The maximum Gasteiger partial charge on any atom is 0.329 e. The molecule has 90 valence electrons. The van der Waals surface area contributed by atoms with Crippen LogP contribution in [0.25, 0.3) is 0 Å². The highest BCUT2D eigenvalue weighted by molar-refractivity contribution is 5.88. The van der Waals surface area contributed by atoms with E-state index in [2.05, 4.69) is 6.92 Å². The number of carboxylic acids is 1. The maximum absolute atomic E-state index is 11.8. The molecule has 2 rings (SSSR count). The Kier molecular flexibility index (Phi) is 2.91. The summed E-state index contributed by atoms with van der Waals surface area (Å²) < 4.78 is 0. The molecule has 2 unspecified atom stereocenters. The van der Waals surface area contributed by atoms with Crippen LogP contribution in [0.3, 0.4) is 0 Å². The Hall–Kier alpha value is -1.06. The van der Waals surface area contributed by atoms with E-state index in [1.165, 1.54) is 0 Å². The topological polar surface area (TPSA) is 57.6 Å². The van der Waals surface area contributed by atoms with Crippen molar-refractivity contribution in [3.8, 4) is 0 Å². The molecule has 0 aromatic carbocycles. The zero-order valence-electron chi connectivity index (χ0n) is 9.74. The van der Waals surface area contributed by atoms with Gasteiger partial charge >= 0.3 is 5.97 Å². The number of amides is 1. The molecule has 16 heavy (non-hydrogen) atoms. The van der Waals surface area contributed by atoms with Crippen LogP contribution in [-0.2, 0) is 9.59 Å². The van der Waals surface area contributed by atoms with Crippen molar-refractivity contribution in [1.29, 1.82) is 0 Å². The Labute approximate surface area is 95.6 Å². The van der Waals surface area contributed by atoms with Crippen LogP contribution in [-0.4, -0.2) is 34.0 Å². The molecule has 1 saturated heterocycles. The lowest BCUT2D eigenvalue weighted by atomic mass is 9.75. The van der Waals surface area contributed by atoms with Crippen molar-refractivity contribution in [3.63, 3.8) is 0 Å². The first-order valence-corrected chi connectivity index (χ1v) is 6.10. The number of hydrogen-bond donors (Lipinski definition) is 1. The second-order valence-corrected chi connectivity index (χ2v) is 5.19. The van der Waals surface area contributed by atoms with Crippen molar-refractivity contribution in [2.24, 2.45) is 5.92 Å². The average Bonchev–Trinajstić information content (AvgIpc) is 2.64. The van der Waals surface area contributed by atoms with Crippen molar-refractivity contribution in [2.45, 2.75) is 51.0 Å². The minimum atomic E-state index is -0.898. The molecule has 4 nitrogen and oxygen atoms in total. The Balaban J connectivity index is 2.27. The highest BCUT2D eigenvalue weighted by atomic mass is 16.4. The smallest absolute Gasteiger partial charge is 0.329 e. The van der Waals surface area contributed by atoms with Crippen LogP contribution in [0.4, 0.5) is 0 Å². The zero-order chi connectivity index (χ0) is 11.8. The fourth-order valence-corrected chi connectivity index (χ4v) is 3.18. The number of likely N-dealkylation sites (tertiary alicyclic amines) is 1. The molecule has 0 aromatic heterocycles. The van der Waals surface area contributed by atoms with Gasteiger partial charge in [-0.3, -0.25) is 4.79 Å². The monoisotopic (exact) mass is 225 g/mol. The van der Waals surface area contributed by atoms with Crippen LogP contribution in [0.1, 0.15) is 45.4 Å². The van der Waals surface area contributed by atoms with Crippen LogP contribution in [0.2, 0.25) is 0 Å². The van der Waals surface area contributed by atoms with Gasteiger partial charge in [0.05, 0.1) is 0 Å². The van der Waals surface area contributed by atoms with Crippen molar-refractivity contribution in [1.82, 2.24) is 4.90 Å². The lowest BCUT2D eigenvalue weighted by molar-refractivity contribution is -0.160. The zero-order valence-corrected chi connectivity index (χ0v) is 9.74. The van der Waals surface area contributed by atoms with Gasteiger partial charge in [-0.25, -0.2) is 4.79 Å². The minimum Gasteiger partial charge on any atom is -0.479 e. The van der Waals surface area contributed by atoms with Gasteiger partial charge in [0.1, 0.15) is 5.54 Å². The molecule has 0 bridgehead atoms. The Bertz CT molecular complexity index is 315. The summed E-state index contributed by atoms with van der Waals surface area (Å²) in [6.45, 7) is 2.70. The fourth-order valence-electron chi connectivity index (χ4n) is 3.18. The molecule has 1 N–H and O–H groups in total. The predicted octanol–water partition coefficient (Wildman–Crippen LogP) is 1.64. The van der Waals surface area contributed by atoms with Gasteiger partial charge in [-0.1, -0.05) is 19.8 Å². The van der Waals surface area contributed by atoms with Crippen molar-refractivity contribution in [2.75, 3.05) is 6.54 Å². The number of hydrogen-bond acceptors (Lipinski definition) is 2. The lowest BCUT2D eigenvalue weighted by Crippen LogP contribution is -2.57. The average molecular weight is 225 g/mol. The number of rotatable bonds is 2. The van der Waals surface area contributed by atoms with Gasteiger partial charge in [-0.15, -0.1) is 0 Å². The van der Waals surface area contributed by atoms with Crippen molar-refractivity contribution in [3.05, 3.63) is 0 Å². The van der Waals surface area contributed by atoms with Gasteiger partial charge in [0.25, 0.3) is 0 Å². The van der Waals surface area contributed by atoms with Crippen LogP contribution in [0, 0.1) is 5.92 Å². The summed E-state index contributed by atoms with van der Waals surface area (Å²) in [6.07, 6.45) is 4.56. The van der Waals surface area contributed by atoms with Crippen molar-refractivity contribution >= 4 is 11.9 Å². The molecule has 0 aromatic rings. The molecule has 2 aliphatic rings. The van der Waals surface area contributed by atoms with E-state index in [9.17, 15) is 14.7 Å². The summed E-state index contributed by atoms with van der Waals surface area (Å²) in [7, 11) is 0. The summed E-state index contributed by atoms with van der Waals surface area (Å²) in [5, 5.41) is 9.49. The Morgan fingerprint density at radius 3 is 2.75 bits per heavy atom. The molecule has 1 amide bonds. The van der Waals surface area contributed by atoms with Gasteiger partial charge in [-0.05, 0) is 25.2 Å². The summed E-state index contributed by atoms with van der Waals surface area (Å²) in [6, 6.07) is 0. The van der Waals surface area contributed by atoms with E-state index < -0.39 is 11.5 Å². The third kappa shape index (κ3) is 1.70. The van der Waals surface area contributed by atoms with Gasteiger partial charge in [0.2, 0.25) is 5.91 Å². The van der Waals surface area contributed by atoms with Gasteiger partial charge in [0, 0.05) is 13.0 Å². The predicted molar refractivity (Wildman–Crippen MR) is 58.9 cm³/mol. The maximum atomic E-state index is 11.8. The van der Waals surface area contributed by atoms with E-state index >= 15 is 0 Å². The second kappa shape index (κ2) is 4.07. The van der Waals surface area contributed by atoms with E-state index in [1.54, 1.807) is 4.90 Å². The molecule has 1 aliphatic carbocycles. The third-order valence-corrected chi connectivity index (χ3v) is 3.96. The Morgan fingerprint density at radius 1 is 1.50 bits per heavy atom. The minimum absolute atomic E-state index is 0.0245. The number of carboxylic acid groups (broad SMARTS) is 1. The van der Waals surface area contributed by atoms with Crippen LogP contribution in [0.5, 0.6) is 0 Å². The third-order valence-electron chi connectivity index (χ3n) is 3.96. The first-order valence-electron chi connectivity index (χ1n) is 6.10. The second-order valence-electron chi connectivity index (χ2n) is 5.19. The molecule has 1 aliphatic heterocycles. The largest absolute Gasteiger partial charge is 0.479 e. The number of carbonyl (C=O) groups excluding carboxylic acids is 1. The molecular formula is C12H19NO3. The van der Waals surface area contributed by atoms with Gasteiger partial charge in [-0.2, -0.15) is 0 Å². The SMILES string of the molecule is CC1CCCC(C(=O)O)(N2CCCC2=O)C1. The standard InChI is InChI=1S/C12H19NO3/c1-9-4-2-6-12(8-9,11(15)16)13-7-3-5-10(13)14/h9H,2-8H2,1H3,(H,15,16). The number of aliphatic carboxylic acids is 1. The van der Waals surface area contributed by atoms with Crippen molar-refractivity contribution < 1.29 is 14.7 Å². The van der Waals surface area contributed by atoms with Gasteiger partial charge in [0.15, 0.2) is 0 Å². The summed E-state index contributed by atoms with van der Waals surface area (Å²) >= 11 is 0. The highest BCUT2D eigenvalue weighted by Crippen LogP contribution is 2.39. The first-order chi connectivity index (χ1) is 7.56. The molecule has 1 saturated carbocycles. The molecule has 0 spiro atoms. The molecule has 1 heterocycles. The van der Waals surface area contributed by atoms with E-state index in [1.807, 2.05) is 0 Å². The summed E-state index contributed by atoms with van der Waals surface area (Å²) in [5.74, 6) is -0.385. The van der Waals surface area contributed by atoms with Gasteiger partial charge < -0.3 is 10.0 Å². The summed E-state index contributed by atoms with van der Waals surface area (Å²) in [4.78, 5) is 24.9. The van der Waals surface area contributed by atoms with Crippen LogP contribution in [0.15, 0.2) is 0 Å². The lowest BCUT2D eigenvalue weighted by Gasteiger charge is -2.43. The van der Waals surface area contributed by atoms with Crippen LogP contribution < -0.4 is 0 Å². The number of nitrogens with zero attached hydrogens (tertiary/aromatic N) is 1. The molecular weight excluding hydrogens is 206 g/mol. The van der Waals surface area contributed by atoms with E-state index in [-0.39, 0.29) is 5.91 Å². The van der Waals surface area contributed by atoms with E-state index in [0.29, 0.717) is 31.7 Å². The molecule has 2 atom stereocenters. The highest BCUT2D eigenvalue weighted by Gasteiger charge is 2.49.